The molecule has 0 aliphatic carbocycles. The van der Waals surface area contributed by atoms with Crippen LogP contribution in [0.15, 0.2) is 34.8 Å². The number of halogens is 1. The third-order valence-electron chi connectivity index (χ3n) is 3.76. The van der Waals surface area contributed by atoms with Crippen LogP contribution in [0.4, 0.5) is 0 Å². The lowest BCUT2D eigenvalue weighted by Gasteiger charge is -2.14. The molecule has 0 aromatic heterocycles. The van der Waals surface area contributed by atoms with E-state index in [2.05, 4.69) is 60.1 Å². The van der Waals surface area contributed by atoms with Gasteiger partial charge in [0.1, 0.15) is 0 Å². The predicted octanol–water partition coefficient (Wildman–Crippen LogP) is 6.29. The molecule has 2 rings (SSSR count). The number of aryl methyl sites for hydroxylation is 1. The Hall–Kier alpha value is -0.820. The van der Waals surface area contributed by atoms with Crippen molar-refractivity contribution in [2.75, 3.05) is 0 Å². The largest absolute Gasteiger partial charge is 0.0654 e. The lowest BCUT2D eigenvalue weighted by atomic mass is 9.94. The summed E-state index contributed by atoms with van der Waals surface area (Å²) in [4.78, 5) is 0. The maximum atomic E-state index is 3.85. The Balaban J connectivity index is 2.48. The van der Waals surface area contributed by atoms with Crippen LogP contribution in [0, 0.1) is 0 Å². The second-order valence-corrected chi connectivity index (χ2v) is 6.05. The molecule has 0 bridgehead atoms. The number of unbranched alkanes of at least 4 members (excludes halogenated alkanes) is 2. The summed E-state index contributed by atoms with van der Waals surface area (Å²) < 4.78 is 1.32. The molecule has 1 heteroatoms. The van der Waals surface area contributed by atoms with Crippen LogP contribution in [0.2, 0.25) is 0 Å². The zero-order valence-electron chi connectivity index (χ0n) is 12.0. The van der Waals surface area contributed by atoms with Gasteiger partial charge in [-0.2, -0.15) is 0 Å². The van der Waals surface area contributed by atoms with Crippen LogP contribution < -0.4 is 0 Å². The Morgan fingerprint density at radius 3 is 2.37 bits per heavy atom. The standard InChI is InChI=1S/C18H23Br/c1-3-5-9-14-13-15-10-7-8-12-17(15)18(19)16(14)11-6-4-2/h7-8,10,12-13H,3-6,9,11H2,1-2H3. The molecule has 2 aromatic carbocycles. The molecule has 0 spiro atoms. The third-order valence-corrected chi connectivity index (χ3v) is 4.67. The molecule has 0 saturated carbocycles. The second-order valence-electron chi connectivity index (χ2n) is 5.26. The Labute approximate surface area is 125 Å². The van der Waals surface area contributed by atoms with Crippen molar-refractivity contribution in [2.24, 2.45) is 0 Å². The van der Waals surface area contributed by atoms with Crippen LogP contribution in [-0.2, 0) is 12.8 Å². The van der Waals surface area contributed by atoms with Gasteiger partial charge in [0.15, 0.2) is 0 Å². The maximum absolute atomic E-state index is 3.85. The summed E-state index contributed by atoms with van der Waals surface area (Å²) in [6.45, 7) is 4.53. The highest BCUT2D eigenvalue weighted by Gasteiger charge is 2.10. The van der Waals surface area contributed by atoms with Crippen molar-refractivity contribution in [3.05, 3.63) is 45.9 Å². The van der Waals surface area contributed by atoms with E-state index in [0.717, 1.165) is 0 Å². The predicted molar refractivity (Wildman–Crippen MR) is 88.9 cm³/mol. The van der Waals surface area contributed by atoms with E-state index in [0.29, 0.717) is 0 Å². The molecule has 102 valence electrons. The molecular weight excluding hydrogens is 296 g/mol. The van der Waals surface area contributed by atoms with Crippen LogP contribution in [-0.4, -0.2) is 0 Å². The van der Waals surface area contributed by atoms with Gasteiger partial charge in [0.25, 0.3) is 0 Å². The second kappa shape index (κ2) is 7.09. The first-order valence-corrected chi connectivity index (χ1v) is 8.26. The van der Waals surface area contributed by atoms with Gasteiger partial charge in [0.05, 0.1) is 0 Å². The van der Waals surface area contributed by atoms with Crippen molar-refractivity contribution in [3.63, 3.8) is 0 Å². The summed E-state index contributed by atoms with van der Waals surface area (Å²) in [7, 11) is 0. The highest BCUT2D eigenvalue weighted by molar-refractivity contribution is 9.10. The van der Waals surface area contributed by atoms with Crippen LogP contribution in [0.25, 0.3) is 10.8 Å². The fourth-order valence-electron chi connectivity index (χ4n) is 2.62. The number of fused-ring (bicyclic) bond motifs is 1. The van der Waals surface area contributed by atoms with Crippen molar-refractivity contribution in [1.29, 1.82) is 0 Å². The zero-order chi connectivity index (χ0) is 13.7. The minimum Gasteiger partial charge on any atom is -0.0654 e. The summed E-state index contributed by atoms with van der Waals surface area (Å²) in [5.41, 5.74) is 3.08. The first-order valence-electron chi connectivity index (χ1n) is 7.47. The van der Waals surface area contributed by atoms with Crippen molar-refractivity contribution >= 4 is 26.7 Å². The average Bonchev–Trinajstić information content (AvgIpc) is 2.44. The molecule has 0 N–H and O–H groups in total. The fourth-order valence-corrected chi connectivity index (χ4v) is 3.43. The van der Waals surface area contributed by atoms with Crippen LogP contribution >= 0.6 is 15.9 Å². The SMILES string of the molecule is CCCCc1cc2ccccc2c(Br)c1CCCC. The smallest absolute Gasteiger partial charge is 0.0288 e. The van der Waals surface area contributed by atoms with Crippen LogP contribution in [0.3, 0.4) is 0 Å². The molecule has 0 unspecified atom stereocenters. The molecular formula is C18H23Br. The molecule has 0 nitrogen and oxygen atoms in total. The van der Waals surface area contributed by atoms with E-state index in [1.807, 2.05) is 0 Å². The molecule has 0 amide bonds. The van der Waals surface area contributed by atoms with Gasteiger partial charge < -0.3 is 0 Å². The molecule has 0 heterocycles. The first kappa shape index (κ1) is 14.6. The normalized spacial score (nSPS) is 11.1. The van der Waals surface area contributed by atoms with E-state index in [9.17, 15) is 0 Å². The van der Waals surface area contributed by atoms with Crippen molar-refractivity contribution < 1.29 is 0 Å². The molecule has 0 fully saturated rings. The first-order chi connectivity index (χ1) is 9.27. The minimum absolute atomic E-state index is 1.20. The molecule has 19 heavy (non-hydrogen) atoms. The van der Waals surface area contributed by atoms with Gasteiger partial charge in [-0.25, -0.2) is 0 Å². The van der Waals surface area contributed by atoms with Gasteiger partial charge in [0.2, 0.25) is 0 Å². The van der Waals surface area contributed by atoms with Gasteiger partial charge in [0, 0.05) is 4.47 Å². The highest BCUT2D eigenvalue weighted by atomic mass is 79.9. The van der Waals surface area contributed by atoms with Crippen molar-refractivity contribution in [3.8, 4) is 0 Å². The van der Waals surface area contributed by atoms with Gasteiger partial charge in [-0.1, -0.05) is 57.0 Å². The number of benzene rings is 2. The Bertz CT molecular complexity index is 543. The van der Waals surface area contributed by atoms with E-state index in [1.165, 1.54) is 59.3 Å². The van der Waals surface area contributed by atoms with E-state index in [4.69, 9.17) is 0 Å². The minimum atomic E-state index is 1.20. The summed E-state index contributed by atoms with van der Waals surface area (Å²) in [6.07, 6.45) is 7.48. The third kappa shape index (κ3) is 3.39. The molecule has 0 saturated heterocycles. The Morgan fingerprint density at radius 2 is 1.63 bits per heavy atom. The fraction of sp³-hybridized carbons (Fsp3) is 0.444. The quantitative estimate of drug-likeness (QED) is 0.587. The Kier molecular flexibility index (Phi) is 5.45. The molecule has 0 aliphatic heterocycles. The summed E-state index contributed by atoms with van der Waals surface area (Å²) in [6, 6.07) is 11.1. The highest BCUT2D eigenvalue weighted by Crippen LogP contribution is 2.32. The van der Waals surface area contributed by atoms with E-state index in [1.54, 1.807) is 5.56 Å². The van der Waals surface area contributed by atoms with E-state index < -0.39 is 0 Å². The molecule has 0 radical (unpaired) electrons. The lowest BCUT2D eigenvalue weighted by molar-refractivity contribution is 0.757. The Morgan fingerprint density at radius 1 is 0.947 bits per heavy atom. The number of hydrogen-bond acceptors (Lipinski definition) is 0. The maximum Gasteiger partial charge on any atom is 0.0288 e. The van der Waals surface area contributed by atoms with E-state index >= 15 is 0 Å². The summed E-state index contributed by atoms with van der Waals surface area (Å²) in [5.74, 6) is 0. The van der Waals surface area contributed by atoms with Crippen LogP contribution in [0.5, 0.6) is 0 Å². The average molecular weight is 319 g/mol. The monoisotopic (exact) mass is 318 g/mol. The summed E-state index contributed by atoms with van der Waals surface area (Å²) >= 11 is 3.85. The number of hydrogen-bond donors (Lipinski definition) is 0. The van der Waals surface area contributed by atoms with Crippen molar-refractivity contribution in [2.45, 2.75) is 52.4 Å². The molecule has 0 aliphatic rings. The topological polar surface area (TPSA) is 0 Å². The van der Waals surface area contributed by atoms with E-state index in [-0.39, 0.29) is 0 Å². The zero-order valence-corrected chi connectivity index (χ0v) is 13.6. The lowest BCUT2D eigenvalue weighted by Crippen LogP contribution is -1.97. The van der Waals surface area contributed by atoms with Crippen LogP contribution in [0.1, 0.15) is 50.7 Å². The molecule has 2 aromatic rings. The number of rotatable bonds is 6. The van der Waals surface area contributed by atoms with Gasteiger partial charge in [-0.05, 0) is 63.5 Å². The summed E-state index contributed by atoms with van der Waals surface area (Å²) in [5, 5.41) is 2.72. The van der Waals surface area contributed by atoms with Gasteiger partial charge in [-0.15, -0.1) is 0 Å². The van der Waals surface area contributed by atoms with Crippen molar-refractivity contribution in [1.82, 2.24) is 0 Å². The van der Waals surface area contributed by atoms with Gasteiger partial charge >= 0.3 is 0 Å². The van der Waals surface area contributed by atoms with Gasteiger partial charge in [-0.3, -0.25) is 0 Å². The molecule has 0 atom stereocenters.